The van der Waals surface area contributed by atoms with E-state index in [4.69, 9.17) is 0 Å². The van der Waals surface area contributed by atoms with Crippen LogP contribution in [0.15, 0.2) is 24.3 Å². The molecule has 2 bridgehead atoms. The van der Waals surface area contributed by atoms with Gasteiger partial charge in [-0.1, -0.05) is 31.2 Å². The predicted molar refractivity (Wildman–Crippen MR) is 56.2 cm³/mol. The molecule has 0 amide bonds. The summed E-state index contributed by atoms with van der Waals surface area (Å²) in [6.45, 7) is 2.34. The zero-order chi connectivity index (χ0) is 9.81. The third-order valence-corrected chi connectivity index (χ3v) is 4.26. The van der Waals surface area contributed by atoms with Gasteiger partial charge in [-0.05, 0) is 42.2 Å². The van der Waals surface area contributed by atoms with Gasteiger partial charge in [0.2, 0.25) is 0 Å². The van der Waals surface area contributed by atoms with Crippen molar-refractivity contribution in [3.63, 3.8) is 0 Å². The maximum absolute atomic E-state index is 10.5. The van der Waals surface area contributed by atoms with Crippen molar-refractivity contribution in [1.29, 1.82) is 0 Å². The van der Waals surface area contributed by atoms with Crippen LogP contribution < -0.4 is 0 Å². The monoisotopic (exact) mass is 188 g/mol. The van der Waals surface area contributed by atoms with Crippen LogP contribution in [0.5, 0.6) is 0 Å². The Bertz CT molecular complexity index is 336. The molecule has 74 valence electrons. The van der Waals surface area contributed by atoms with Crippen molar-refractivity contribution >= 4 is 0 Å². The van der Waals surface area contributed by atoms with Gasteiger partial charge < -0.3 is 5.11 Å². The molecule has 4 rings (SSSR count). The standard InChI is InChI=1S/C13H16O/c1-12-6-8-13(14,9-7-12)11-5-3-2-4-10(11)12/h2-5,14H,6-9H2,1H3. The highest BCUT2D eigenvalue weighted by Gasteiger charge is 2.48. The first kappa shape index (κ1) is 8.49. The zero-order valence-corrected chi connectivity index (χ0v) is 8.59. The molecule has 0 heterocycles. The highest BCUT2D eigenvalue weighted by atomic mass is 16.3. The van der Waals surface area contributed by atoms with Crippen LogP contribution in [0.2, 0.25) is 0 Å². The second-order valence-corrected chi connectivity index (χ2v) is 5.14. The molecular formula is C13H16O. The van der Waals surface area contributed by atoms with E-state index in [-0.39, 0.29) is 0 Å². The molecule has 14 heavy (non-hydrogen) atoms. The van der Waals surface area contributed by atoms with Crippen molar-refractivity contribution < 1.29 is 5.11 Å². The summed E-state index contributed by atoms with van der Waals surface area (Å²) in [5.74, 6) is 0. The van der Waals surface area contributed by atoms with Gasteiger partial charge in [0.15, 0.2) is 0 Å². The van der Waals surface area contributed by atoms with Crippen molar-refractivity contribution in [2.45, 2.75) is 43.6 Å². The molecule has 0 spiro atoms. The Hall–Kier alpha value is -0.820. The van der Waals surface area contributed by atoms with Crippen molar-refractivity contribution in [3.05, 3.63) is 35.4 Å². The predicted octanol–water partition coefficient (Wildman–Crippen LogP) is 2.72. The smallest absolute Gasteiger partial charge is 0.0900 e. The van der Waals surface area contributed by atoms with E-state index in [0.29, 0.717) is 5.41 Å². The molecule has 0 saturated heterocycles. The maximum atomic E-state index is 10.5. The number of hydrogen-bond donors (Lipinski definition) is 1. The van der Waals surface area contributed by atoms with Gasteiger partial charge in [-0.25, -0.2) is 0 Å². The van der Waals surface area contributed by atoms with Gasteiger partial charge in [0.05, 0.1) is 5.60 Å². The molecule has 1 fully saturated rings. The summed E-state index contributed by atoms with van der Waals surface area (Å²) < 4.78 is 0. The van der Waals surface area contributed by atoms with Crippen LogP contribution in [0.3, 0.4) is 0 Å². The zero-order valence-electron chi connectivity index (χ0n) is 8.59. The van der Waals surface area contributed by atoms with Crippen LogP contribution in [0.4, 0.5) is 0 Å². The Morgan fingerprint density at radius 1 is 1.00 bits per heavy atom. The molecule has 0 atom stereocenters. The molecule has 0 aromatic heterocycles. The summed E-state index contributed by atoms with van der Waals surface area (Å²) in [4.78, 5) is 0. The minimum absolute atomic E-state index is 0.334. The van der Waals surface area contributed by atoms with Gasteiger partial charge in [0, 0.05) is 0 Å². The summed E-state index contributed by atoms with van der Waals surface area (Å²) in [5, 5.41) is 10.5. The SMILES string of the molecule is CC12CCC(O)(CC1)c1ccccc12. The fourth-order valence-corrected chi connectivity index (χ4v) is 3.17. The van der Waals surface area contributed by atoms with Crippen molar-refractivity contribution in [2.24, 2.45) is 0 Å². The maximum Gasteiger partial charge on any atom is 0.0900 e. The van der Waals surface area contributed by atoms with Gasteiger partial charge in [0.25, 0.3) is 0 Å². The van der Waals surface area contributed by atoms with E-state index in [0.717, 1.165) is 25.7 Å². The van der Waals surface area contributed by atoms with Gasteiger partial charge in [-0.3, -0.25) is 0 Å². The fourth-order valence-electron chi connectivity index (χ4n) is 3.17. The third-order valence-electron chi connectivity index (χ3n) is 4.26. The molecule has 0 radical (unpaired) electrons. The van der Waals surface area contributed by atoms with E-state index in [1.807, 2.05) is 6.07 Å². The Balaban J connectivity index is 2.28. The summed E-state index contributed by atoms with van der Waals surface area (Å²) >= 11 is 0. The number of benzene rings is 1. The second kappa shape index (κ2) is 2.40. The first-order valence-corrected chi connectivity index (χ1v) is 5.47. The number of rotatable bonds is 0. The van der Waals surface area contributed by atoms with Gasteiger partial charge in [-0.2, -0.15) is 0 Å². The lowest BCUT2D eigenvalue weighted by Crippen LogP contribution is -2.45. The molecule has 1 saturated carbocycles. The molecule has 0 unspecified atom stereocenters. The van der Waals surface area contributed by atoms with Crippen LogP contribution in [0.1, 0.15) is 43.7 Å². The van der Waals surface area contributed by atoms with Crippen LogP contribution in [-0.2, 0) is 11.0 Å². The summed E-state index contributed by atoms with van der Waals surface area (Å²) in [5.41, 5.74) is 2.41. The van der Waals surface area contributed by atoms with E-state index in [2.05, 4.69) is 25.1 Å². The third kappa shape index (κ3) is 0.885. The lowest BCUT2D eigenvalue weighted by Gasteiger charge is -2.50. The number of hydrogen-bond acceptors (Lipinski definition) is 1. The summed E-state index contributed by atoms with van der Waals surface area (Å²) in [7, 11) is 0. The quantitative estimate of drug-likeness (QED) is 0.663. The van der Waals surface area contributed by atoms with Crippen LogP contribution in [0, 0.1) is 0 Å². The molecule has 1 aromatic carbocycles. The lowest BCUT2D eigenvalue weighted by atomic mass is 9.57. The summed E-state index contributed by atoms with van der Waals surface area (Å²) in [6, 6.07) is 8.43. The normalized spacial score (nSPS) is 39.6. The Morgan fingerprint density at radius 2 is 1.57 bits per heavy atom. The first-order chi connectivity index (χ1) is 6.64. The molecule has 3 aliphatic rings. The topological polar surface area (TPSA) is 20.2 Å². The molecule has 3 aliphatic carbocycles. The minimum atomic E-state index is -0.506. The van der Waals surface area contributed by atoms with Crippen LogP contribution >= 0.6 is 0 Å². The van der Waals surface area contributed by atoms with E-state index >= 15 is 0 Å². The molecule has 1 N–H and O–H groups in total. The number of fused-ring (bicyclic) bond motifs is 2. The average Bonchev–Trinajstić information content (AvgIpc) is 2.22. The molecule has 1 nitrogen and oxygen atoms in total. The highest BCUT2D eigenvalue weighted by molar-refractivity contribution is 5.43. The van der Waals surface area contributed by atoms with E-state index in [9.17, 15) is 5.11 Å². The molecule has 1 aromatic rings. The number of aliphatic hydroxyl groups is 1. The van der Waals surface area contributed by atoms with Crippen molar-refractivity contribution in [1.82, 2.24) is 0 Å². The average molecular weight is 188 g/mol. The summed E-state index contributed by atoms with van der Waals surface area (Å²) in [6.07, 6.45) is 4.17. The van der Waals surface area contributed by atoms with E-state index in [1.54, 1.807) is 0 Å². The Morgan fingerprint density at radius 3 is 2.14 bits per heavy atom. The first-order valence-electron chi connectivity index (χ1n) is 5.47. The van der Waals surface area contributed by atoms with Gasteiger partial charge in [-0.15, -0.1) is 0 Å². The Kier molecular flexibility index (Phi) is 1.46. The van der Waals surface area contributed by atoms with Crippen molar-refractivity contribution in [2.75, 3.05) is 0 Å². The van der Waals surface area contributed by atoms with Crippen molar-refractivity contribution in [3.8, 4) is 0 Å². The van der Waals surface area contributed by atoms with E-state index in [1.165, 1.54) is 11.1 Å². The molecular weight excluding hydrogens is 172 g/mol. The lowest BCUT2D eigenvalue weighted by molar-refractivity contribution is -0.0369. The van der Waals surface area contributed by atoms with Gasteiger partial charge >= 0.3 is 0 Å². The van der Waals surface area contributed by atoms with Crippen LogP contribution in [-0.4, -0.2) is 5.11 Å². The molecule has 0 aliphatic heterocycles. The second-order valence-electron chi connectivity index (χ2n) is 5.14. The fraction of sp³-hybridized carbons (Fsp3) is 0.538. The van der Waals surface area contributed by atoms with Gasteiger partial charge in [0.1, 0.15) is 0 Å². The Labute approximate surface area is 84.8 Å². The molecule has 1 heteroatoms. The van der Waals surface area contributed by atoms with E-state index < -0.39 is 5.60 Å². The van der Waals surface area contributed by atoms with Crippen LogP contribution in [0.25, 0.3) is 0 Å². The largest absolute Gasteiger partial charge is 0.385 e. The minimum Gasteiger partial charge on any atom is -0.385 e. The highest BCUT2D eigenvalue weighted by Crippen LogP contribution is 2.54.